The first kappa shape index (κ1) is 18.7. The van der Waals surface area contributed by atoms with Crippen molar-refractivity contribution >= 4 is 5.69 Å². The molecule has 28 heavy (non-hydrogen) atoms. The molecule has 148 valence electrons. The van der Waals surface area contributed by atoms with Crippen LogP contribution in [0.1, 0.15) is 60.7 Å². The van der Waals surface area contributed by atoms with Crippen LogP contribution in [-0.2, 0) is 19.5 Å². The summed E-state index contributed by atoms with van der Waals surface area (Å²) in [5, 5.41) is 11.0. The van der Waals surface area contributed by atoms with Crippen molar-refractivity contribution in [2.45, 2.75) is 57.5 Å². The topological polar surface area (TPSA) is 92.1 Å². The number of aromatic nitrogens is 2. The number of fused-ring (bicyclic) bond motifs is 1. The number of H-pyrrole nitrogens is 1. The molecule has 0 amide bonds. The molecule has 2 aromatic rings. The van der Waals surface area contributed by atoms with E-state index < -0.39 is 10.7 Å². The number of nitrogens with one attached hydrogen (secondary N) is 1. The number of nitro benzene ring substituents is 1. The number of aromatic amines is 1. The molecule has 4 rings (SSSR count). The Morgan fingerprint density at radius 3 is 2.82 bits per heavy atom. The van der Waals surface area contributed by atoms with Crippen molar-refractivity contribution in [1.29, 1.82) is 0 Å². The van der Waals surface area contributed by atoms with Crippen LogP contribution in [0.4, 0.5) is 10.1 Å². The lowest BCUT2D eigenvalue weighted by molar-refractivity contribution is -0.385. The lowest BCUT2D eigenvalue weighted by Crippen LogP contribution is -2.36. The van der Waals surface area contributed by atoms with E-state index in [0.717, 1.165) is 43.3 Å². The summed E-state index contributed by atoms with van der Waals surface area (Å²) in [5.41, 5.74) is 1.56. The molecule has 0 atom stereocenters. The summed E-state index contributed by atoms with van der Waals surface area (Å²) in [5.74, 6) is 0.612. The summed E-state index contributed by atoms with van der Waals surface area (Å²) in [6, 6.07) is 3.58. The predicted molar refractivity (Wildman–Crippen MR) is 102 cm³/mol. The molecule has 8 heteroatoms. The monoisotopic (exact) mass is 386 g/mol. The Kier molecular flexibility index (Phi) is 5.21. The van der Waals surface area contributed by atoms with Gasteiger partial charge in [-0.15, -0.1) is 0 Å². The second-order valence-electron chi connectivity index (χ2n) is 7.70. The molecular formula is C20H23FN4O3. The zero-order valence-electron chi connectivity index (χ0n) is 15.6. The Balaban J connectivity index is 1.56. The van der Waals surface area contributed by atoms with Crippen molar-refractivity contribution < 1.29 is 9.31 Å². The highest BCUT2D eigenvalue weighted by molar-refractivity contribution is 5.35. The summed E-state index contributed by atoms with van der Waals surface area (Å²) >= 11 is 0. The molecule has 1 aromatic heterocycles. The van der Waals surface area contributed by atoms with Gasteiger partial charge >= 0.3 is 0 Å². The van der Waals surface area contributed by atoms with Crippen LogP contribution in [0.15, 0.2) is 23.0 Å². The van der Waals surface area contributed by atoms with Crippen molar-refractivity contribution in [3.05, 3.63) is 67.1 Å². The molecule has 0 radical (unpaired) electrons. The number of nitro groups is 1. The zero-order valence-corrected chi connectivity index (χ0v) is 15.6. The molecule has 0 saturated heterocycles. The van der Waals surface area contributed by atoms with Gasteiger partial charge in [-0.2, -0.15) is 0 Å². The number of rotatable bonds is 4. The van der Waals surface area contributed by atoms with Crippen LogP contribution in [0.5, 0.6) is 0 Å². The van der Waals surface area contributed by atoms with Gasteiger partial charge in [-0.1, -0.05) is 19.3 Å². The SMILES string of the molecule is O=c1[nH]c(C2CCCCC2)nc2c1CCN(Cc1cc([N+](=O)[O-])ccc1F)C2. The van der Waals surface area contributed by atoms with E-state index in [1.807, 2.05) is 4.90 Å². The second-order valence-corrected chi connectivity index (χ2v) is 7.70. The molecule has 1 aliphatic carbocycles. The third-order valence-electron chi connectivity index (χ3n) is 5.80. The maximum atomic E-state index is 14.1. The van der Waals surface area contributed by atoms with Crippen LogP contribution in [-0.4, -0.2) is 26.3 Å². The van der Waals surface area contributed by atoms with E-state index in [1.165, 1.54) is 18.6 Å². The highest BCUT2D eigenvalue weighted by Gasteiger charge is 2.25. The fraction of sp³-hybridized carbons (Fsp3) is 0.500. The zero-order chi connectivity index (χ0) is 19.7. The van der Waals surface area contributed by atoms with Gasteiger partial charge in [-0.05, 0) is 25.3 Å². The number of benzene rings is 1. The van der Waals surface area contributed by atoms with Crippen LogP contribution in [0, 0.1) is 15.9 Å². The van der Waals surface area contributed by atoms with E-state index in [0.29, 0.717) is 31.0 Å². The van der Waals surface area contributed by atoms with Gasteiger partial charge in [0.05, 0.1) is 10.6 Å². The molecule has 7 nitrogen and oxygen atoms in total. The molecule has 2 heterocycles. The van der Waals surface area contributed by atoms with E-state index in [1.54, 1.807) is 0 Å². The Morgan fingerprint density at radius 1 is 1.29 bits per heavy atom. The summed E-state index contributed by atoms with van der Waals surface area (Å²) in [7, 11) is 0. The minimum atomic E-state index is -0.522. The van der Waals surface area contributed by atoms with Gasteiger partial charge in [0.2, 0.25) is 0 Å². The van der Waals surface area contributed by atoms with Gasteiger partial charge in [0, 0.05) is 48.8 Å². The summed E-state index contributed by atoms with van der Waals surface area (Å²) in [6.45, 7) is 1.28. The van der Waals surface area contributed by atoms with Crippen molar-refractivity contribution in [3.63, 3.8) is 0 Å². The summed E-state index contributed by atoms with van der Waals surface area (Å²) < 4.78 is 14.1. The van der Waals surface area contributed by atoms with Crippen molar-refractivity contribution in [3.8, 4) is 0 Å². The molecule has 1 saturated carbocycles. The first-order valence-electron chi connectivity index (χ1n) is 9.78. The van der Waals surface area contributed by atoms with E-state index in [4.69, 9.17) is 4.98 Å². The molecular weight excluding hydrogens is 363 g/mol. The minimum Gasteiger partial charge on any atom is -0.310 e. The molecule has 1 aliphatic heterocycles. The van der Waals surface area contributed by atoms with E-state index in [9.17, 15) is 19.3 Å². The van der Waals surface area contributed by atoms with Crippen LogP contribution in [0.2, 0.25) is 0 Å². The maximum absolute atomic E-state index is 14.1. The Morgan fingerprint density at radius 2 is 2.07 bits per heavy atom. The van der Waals surface area contributed by atoms with Gasteiger partial charge in [0.1, 0.15) is 11.6 Å². The number of hydrogen-bond donors (Lipinski definition) is 1. The van der Waals surface area contributed by atoms with Crippen LogP contribution >= 0.6 is 0 Å². The number of halogens is 1. The second kappa shape index (κ2) is 7.79. The van der Waals surface area contributed by atoms with E-state index in [2.05, 4.69) is 4.98 Å². The van der Waals surface area contributed by atoms with Crippen LogP contribution in [0.3, 0.4) is 0 Å². The smallest absolute Gasteiger partial charge is 0.269 e. The number of nitrogens with zero attached hydrogens (tertiary/aromatic N) is 3. The van der Waals surface area contributed by atoms with Crippen molar-refractivity contribution in [2.24, 2.45) is 0 Å². The molecule has 1 aromatic carbocycles. The Hall–Kier alpha value is -2.61. The van der Waals surface area contributed by atoms with Crippen LogP contribution in [0.25, 0.3) is 0 Å². The highest BCUT2D eigenvalue weighted by atomic mass is 19.1. The van der Waals surface area contributed by atoms with Gasteiger partial charge in [0.15, 0.2) is 0 Å². The Bertz CT molecular complexity index is 953. The molecule has 0 bridgehead atoms. The van der Waals surface area contributed by atoms with Crippen LogP contribution < -0.4 is 5.56 Å². The quantitative estimate of drug-likeness (QED) is 0.642. The fourth-order valence-electron chi connectivity index (χ4n) is 4.25. The average molecular weight is 386 g/mol. The molecule has 1 N–H and O–H groups in total. The number of non-ortho nitro benzene ring substituents is 1. The lowest BCUT2D eigenvalue weighted by Gasteiger charge is -2.29. The van der Waals surface area contributed by atoms with Gasteiger partial charge < -0.3 is 4.98 Å². The third kappa shape index (κ3) is 3.82. The summed E-state index contributed by atoms with van der Waals surface area (Å²) in [4.78, 5) is 32.7. The van der Waals surface area contributed by atoms with E-state index >= 15 is 0 Å². The molecule has 1 fully saturated rings. The van der Waals surface area contributed by atoms with E-state index in [-0.39, 0.29) is 23.4 Å². The maximum Gasteiger partial charge on any atom is 0.269 e. The molecule has 0 unspecified atom stereocenters. The molecule has 0 spiro atoms. The Labute approximate surface area is 161 Å². The minimum absolute atomic E-state index is 0.0632. The fourth-order valence-corrected chi connectivity index (χ4v) is 4.25. The number of hydrogen-bond acceptors (Lipinski definition) is 5. The first-order chi connectivity index (χ1) is 13.5. The normalized spacial score (nSPS) is 18.0. The standard InChI is InChI=1S/C20H23FN4O3/c21-17-7-6-15(25(27)28)10-14(17)11-24-9-8-16-18(12-24)22-19(23-20(16)26)13-4-2-1-3-5-13/h6-7,10,13H,1-5,8-9,11-12H2,(H,22,23,26). The summed E-state index contributed by atoms with van der Waals surface area (Å²) in [6.07, 6.45) is 6.18. The van der Waals surface area contributed by atoms with Gasteiger partial charge in [-0.25, -0.2) is 9.37 Å². The van der Waals surface area contributed by atoms with Gasteiger partial charge in [0.25, 0.3) is 11.2 Å². The predicted octanol–water partition coefficient (Wildman–Crippen LogP) is 3.42. The molecule has 2 aliphatic rings. The highest BCUT2D eigenvalue weighted by Crippen LogP contribution is 2.31. The largest absolute Gasteiger partial charge is 0.310 e. The average Bonchev–Trinajstić information content (AvgIpc) is 2.70. The van der Waals surface area contributed by atoms with Crippen molar-refractivity contribution in [2.75, 3.05) is 6.54 Å². The first-order valence-corrected chi connectivity index (χ1v) is 9.78. The lowest BCUT2D eigenvalue weighted by atomic mass is 9.88. The van der Waals surface area contributed by atoms with Gasteiger partial charge in [-0.3, -0.25) is 19.8 Å². The third-order valence-corrected chi connectivity index (χ3v) is 5.80. The van der Waals surface area contributed by atoms with Crippen molar-refractivity contribution in [1.82, 2.24) is 14.9 Å².